The van der Waals surface area contributed by atoms with Crippen molar-refractivity contribution in [3.63, 3.8) is 0 Å². The summed E-state index contributed by atoms with van der Waals surface area (Å²) >= 11 is 0. The smallest absolute Gasteiger partial charge is 0.00737 e. The summed E-state index contributed by atoms with van der Waals surface area (Å²) in [5.41, 5.74) is 5.64. The van der Waals surface area contributed by atoms with E-state index < -0.39 is 0 Å². The van der Waals surface area contributed by atoms with Crippen molar-refractivity contribution in [2.45, 2.75) is 6.42 Å². The SMILES string of the molecule is Cl.NCCCP(c1ccccc1)c1ccccc1. The third-order valence-electron chi connectivity index (χ3n) is 2.72. The fourth-order valence-corrected chi connectivity index (χ4v) is 4.25. The van der Waals surface area contributed by atoms with Crippen molar-refractivity contribution in [1.82, 2.24) is 0 Å². The zero-order valence-electron chi connectivity index (χ0n) is 10.3. The van der Waals surface area contributed by atoms with Gasteiger partial charge in [0.1, 0.15) is 0 Å². The number of nitrogens with two attached hydrogens (primary N) is 1. The molecule has 0 aliphatic carbocycles. The van der Waals surface area contributed by atoms with E-state index in [1.165, 1.54) is 16.8 Å². The highest BCUT2D eigenvalue weighted by atomic mass is 35.5. The molecule has 0 unspecified atom stereocenters. The van der Waals surface area contributed by atoms with Crippen molar-refractivity contribution in [2.75, 3.05) is 12.7 Å². The van der Waals surface area contributed by atoms with Gasteiger partial charge in [0.15, 0.2) is 0 Å². The zero-order valence-corrected chi connectivity index (χ0v) is 12.0. The van der Waals surface area contributed by atoms with Crippen molar-refractivity contribution in [2.24, 2.45) is 5.73 Å². The van der Waals surface area contributed by atoms with Crippen LogP contribution >= 0.6 is 20.3 Å². The Morgan fingerprint density at radius 2 is 1.22 bits per heavy atom. The second-order valence-electron chi connectivity index (χ2n) is 3.96. The summed E-state index contributed by atoms with van der Waals surface area (Å²) in [5, 5.41) is 2.89. The normalized spacial score (nSPS) is 10.1. The van der Waals surface area contributed by atoms with Gasteiger partial charge in [-0.3, -0.25) is 0 Å². The second-order valence-corrected chi connectivity index (χ2v) is 6.30. The van der Waals surface area contributed by atoms with Gasteiger partial charge in [-0.05, 0) is 37.7 Å². The first-order chi connectivity index (χ1) is 8.42. The van der Waals surface area contributed by atoms with E-state index in [1.807, 2.05) is 0 Å². The van der Waals surface area contributed by atoms with E-state index in [0.717, 1.165) is 13.0 Å². The Hall–Kier alpha value is -0.880. The van der Waals surface area contributed by atoms with E-state index in [9.17, 15) is 0 Å². The Morgan fingerprint density at radius 3 is 1.61 bits per heavy atom. The average molecular weight is 280 g/mol. The molecule has 0 aliphatic heterocycles. The van der Waals surface area contributed by atoms with Crippen LogP contribution in [0.25, 0.3) is 0 Å². The summed E-state index contributed by atoms with van der Waals surface area (Å²) < 4.78 is 0. The van der Waals surface area contributed by atoms with Crippen LogP contribution in [-0.2, 0) is 0 Å². The molecule has 0 saturated carbocycles. The van der Waals surface area contributed by atoms with Crippen LogP contribution in [-0.4, -0.2) is 12.7 Å². The summed E-state index contributed by atoms with van der Waals surface area (Å²) in [6.07, 6.45) is 2.27. The minimum Gasteiger partial charge on any atom is -0.330 e. The minimum absolute atomic E-state index is 0. The molecule has 0 heterocycles. The van der Waals surface area contributed by atoms with Gasteiger partial charge < -0.3 is 5.73 Å². The Morgan fingerprint density at radius 1 is 0.778 bits per heavy atom. The Labute approximate surface area is 117 Å². The van der Waals surface area contributed by atoms with Crippen molar-refractivity contribution in [3.05, 3.63) is 60.7 Å². The van der Waals surface area contributed by atoms with Crippen molar-refractivity contribution in [1.29, 1.82) is 0 Å². The zero-order chi connectivity index (χ0) is 11.9. The summed E-state index contributed by atoms with van der Waals surface area (Å²) in [5.74, 6) is 0. The maximum absolute atomic E-state index is 5.64. The monoisotopic (exact) mass is 279 g/mol. The number of hydrogen-bond acceptors (Lipinski definition) is 1. The molecule has 96 valence electrons. The molecule has 0 fully saturated rings. The predicted octanol–water partition coefficient (Wildman–Crippen LogP) is 2.89. The molecule has 0 bridgehead atoms. The largest absolute Gasteiger partial charge is 0.330 e. The lowest BCUT2D eigenvalue weighted by Gasteiger charge is -2.18. The highest BCUT2D eigenvalue weighted by Crippen LogP contribution is 2.33. The van der Waals surface area contributed by atoms with E-state index in [1.54, 1.807) is 0 Å². The highest BCUT2D eigenvalue weighted by molar-refractivity contribution is 7.73. The molecule has 0 aromatic heterocycles. The molecule has 0 atom stereocenters. The van der Waals surface area contributed by atoms with Crippen LogP contribution in [0, 0.1) is 0 Å². The summed E-state index contributed by atoms with van der Waals surface area (Å²) in [4.78, 5) is 0. The summed E-state index contributed by atoms with van der Waals surface area (Å²) in [6, 6.07) is 21.6. The van der Waals surface area contributed by atoms with Gasteiger partial charge in [0.25, 0.3) is 0 Å². The maximum atomic E-state index is 5.64. The first-order valence-corrected chi connectivity index (χ1v) is 7.52. The molecule has 2 aromatic carbocycles. The third-order valence-corrected chi connectivity index (χ3v) is 5.33. The molecule has 2 aromatic rings. The van der Waals surface area contributed by atoms with Gasteiger partial charge in [-0.15, -0.1) is 12.4 Å². The Kier molecular flexibility index (Phi) is 6.97. The second kappa shape index (κ2) is 8.26. The standard InChI is InChI=1S/C15H18NP.ClH/c16-12-7-13-17(14-8-3-1-4-9-14)15-10-5-2-6-11-15;/h1-6,8-11H,7,12-13,16H2;1H. The topological polar surface area (TPSA) is 26.0 Å². The van der Waals surface area contributed by atoms with E-state index in [0.29, 0.717) is 0 Å². The molecule has 0 saturated heterocycles. The van der Waals surface area contributed by atoms with Gasteiger partial charge in [0.2, 0.25) is 0 Å². The molecule has 0 amide bonds. The number of halogens is 1. The van der Waals surface area contributed by atoms with E-state index in [4.69, 9.17) is 5.73 Å². The van der Waals surface area contributed by atoms with Crippen LogP contribution in [0.15, 0.2) is 60.7 Å². The first-order valence-electron chi connectivity index (χ1n) is 5.99. The number of benzene rings is 2. The molecule has 2 rings (SSSR count). The molecule has 18 heavy (non-hydrogen) atoms. The molecule has 2 N–H and O–H groups in total. The fourth-order valence-electron chi connectivity index (χ4n) is 1.87. The molecule has 3 heteroatoms. The van der Waals surface area contributed by atoms with Gasteiger partial charge in [-0.2, -0.15) is 0 Å². The van der Waals surface area contributed by atoms with Crippen molar-refractivity contribution in [3.8, 4) is 0 Å². The van der Waals surface area contributed by atoms with Gasteiger partial charge in [0, 0.05) is 0 Å². The summed E-state index contributed by atoms with van der Waals surface area (Å²) in [7, 11) is -0.237. The van der Waals surface area contributed by atoms with Gasteiger partial charge >= 0.3 is 0 Å². The Balaban J connectivity index is 0.00000162. The highest BCUT2D eigenvalue weighted by Gasteiger charge is 2.11. The van der Waals surface area contributed by atoms with Crippen LogP contribution < -0.4 is 16.3 Å². The van der Waals surface area contributed by atoms with Crippen LogP contribution in [0.4, 0.5) is 0 Å². The number of rotatable bonds is 5. The number of hydrogen-bond donors (Lipinski definition) is 1. The molecule has 0 aliphatic rings. The third kappa shape index (κ3) is 4.10. The molecule has 1 nitrogen and oxygen atoms in total. The maximum Gasteiger partial charge on any atom is -0.00737 e. The van der Waals surface area contributed by atoms with Crippen LogP contribution in [0.1, 0.15) is 6.42 Å². The van der Waals surface area contributed by atoms with E-state index in [-0.39, 0.29) is 20.3 Å². The molecular formula is C15H19ClNP. The van der Waals surface area contributed by atoms with Crippen molar-refractivity contribution < 1.29 is 0 Å². The molecular weight excluding hydrogens is 261 g/mol. The van der Waals surface area contributed by atoms with Gasteiger partial charge in [0.05, 0.1) is 0 Å². The lowest BCUT2D eigenvalue weighted by Crippen LogP contribution is -2.15. The Bertz CT molecular complexity index is 393. The quantitative estimate of drug-likeness (QED) is 0.837. The molecule has 0 radical (unpaired) electrons. The van der Waals surface area contributed by atoms with Gasteiger partial charge in [-0.1, -0.05) is 60.7 Å². The van der Waals surface area contributed by atoms with E-state index in [2.05, 4.69) is 60.7 Å². The lowest BCUT2D eigenvalue weighted by molar-refractivity contribution is 0.940. The average Bonchev–Trinajstić information content (AvgIpc) is 2.42. The summed E-state index contributed by atoms with van der Waals surface area (Å²) in [6.45, 7) is 0.776. The first kappa shape index (κ1) is 15.2. The van der Waals surface area contributed by atoms with Crippen LogP contribution in [0.2, 0.25) is 0 Å². The van der Waals surface area contributed by atoms with E-state index >= 15 is 0 Å². The van der Waals surface area contributed by atoms with Gasteiger partial charge in [-0.25, -0.2) is 0 Å². The molecule has 0 spiro atoms. The van der Waals surface area contributed by atoms with Crippen LogP contribution in [0.3, 0.4) is 0 Å². The van der Waals surface area contributed by atoms with Crippen LogP contribution in [0.5, 0.6) is 0 Å². The predicted molar refractivity (Wildman–Crippen MR) is 84.9 cm³/mol. The lowest BCUT2D eigenvalue weighted by atomic mass is 10.4. The minimum atomic E-state index is -0.237. The van der Waals surface area contributed by atoms with Crippen molar-refractivity contribution >= 4 is 30.9 Å². The fraction of sp³-hybridized carbons (Fsp3) is 0.200.